The van der Waals surface area contributed by atoms with Crippen molar-refractivity contribution < 1.29 is 9.47 Å². The first-order valence-corrected chi connectivity index (χ1v) is 9.30. The van der Waals surface area contributed by atoms with Crippen LogP contribution in [0.3, 0.4) is 0 Å². The fourth-order valence-corrected chi connectivity index (χ4v) is 1.68. The zero-order valence-electron chi connectivity index (χ0n) is 17.1. The van der Waals surface area contributed by atoms with Gasteiger partial charge in [0.25, 0.3) is 0 Å². The Hall–Kier alpha value is -2.33. The summed E-state index contributed by atoms with van der Waals surface area (Å²) in [7, 11) is 0. The van der Waals surface area contributed by atoms with Gasteiger partial charge in [-0.2, -0.15) is 0 Å². The summed E-state index contributed by atoms with van der Waals surface area (Å²) in [4.78, 5) is 4.27. The molecule has 0 aromatic carbocycles. The van der Waals surface area contributed by atoms with Crippen LogP contribution in [-0.2, 0) is 9.47 Å². The van der Waals surface area contributed by atoms with E-state index in [0.717, 1.165) is 24.3 Å². The van der Waals surface area contributed by atoms with Crippen LogP contribution in [0.15, 0.2) is 61.6 Å². The molecule has 0 saturated carbocycles. The first-order chi connectivity index (χ1) is 12.7. The lowest BCUT2D eigenvalue weighted by Gasteiger charge is -2.06. The number of nitrogen functional groups attached to an aromatic ring is 1. The molecular weight excluding hydrogens is 324 g/mol. The van der Waals surface area contributed by atoms with E-state index in [1.807, 2.05) is 58.9 Å². The number of rotatable bonds is 10. The molecule has 0 unspecified atom stereocenters. The lowest BCUT2D eigenvalue weighted by Crippen LogP contribution is -2.00. The van der Waals surface area contributed by atoms with Crippen molar-refractivity contribution in [2.24, 2.45) is 0 Å². The zero-order chi connectivity index (χ0) is 20.2. The average Bonchev–Trinajstić information content (AvgIpc) is 2.71. The Balaban J connectivity index is 0. The monoisotopic (exact) mass is 360 g/mol. The molecular formula is C22H36N2O2. The van der Waals surface area contributed by atoms with Gasteiger partial charge in [0.2, 0.25) is 0 Å². The fourth-order valence-electron chi connectivity index (χ4n) is 1.68. The number of aromatic nitrogens is 1. The number of anilines is 1. The van der Waals surface area contributed by atoms with E-state index in [9.17, 15) is 0 Å². The smallest absolute Gasteiger partial charge is 0.118 e. The van der Waals surface area contributed by atoms with Crippen molar-refractivity contribution in [1.82, 2.24) is 4.98 Å². The number of allylic oxidation sites excluding steroid dienone is 5. The SMILES string of the molecule is C=C/C(=C\C=C(/C=C)c1ccc(N)cn1)OCCCOCC.CC.CC. The summed E-state index contributed by atoms with van der Waals surface area (Å²) in [5, 5.41) is 0. The molecule has 4 heteroatoms. The highest BCUT2D eigenvalue weighted by molar-refractivity contribution is 5.72. The predicted molar refractivity (Wildman–Crippen MR) is 115 cm³/mol. The van der Waals surface area contributed by atoms with E-state index in [-0.39, 0.29) is 0 Å². The van der Waals surface area contributed by atoms with Crippen molar-refractivity contribution in [3.63, 3.8) is 0 Å². The molecule has 0 amide bonds. The molecule has 0 aliphatic rings. The highest BCUT2D eigenvalue weighted by Gasteiger charge is 1.99. The summed E-state index contributed by atoms with van der Waals surface area (Å²) in [5.41, 5.74) is 7.96. The summed E-state index contributed by atoms with van der Waals surface area (Å²) in [6.07, 6.45) is 9.62. The number of nitrogens with two attached hydrogens (primary N) is 1. The van der Waals surface area contributed by atoms with Gasteiger partial charge in [-0.3, -0.25) is 4.98 Å². The molecule has 0 atom stereocenters. The Bertz CT molecular complexity index is 532. The first-order valence-electron chi connectivity index (χ1n) is 9.30. The Morgan fingerprint density at radius 2 is 1.77 bits per heavy atom. The topological polar surface area (TPSA) is 57.4 Å². The third-order valence-electron chi connectivity index (χ3n) is 2.84. The maximum Gasteiger partial charge on any atom is 0.118 e. The van der Waals surface area contributed by atoms with Crippen molar-refractivity contribution in [2.75, 3.05) is 25.6 Å². The molecule has 0 saturated heterocycles. The van der Waals surface area contributed by atoms with Gasteiger partial charge in [0.15, 0.2) is 0 Å². The summed E-state index contributed by atoms with van der Waals surface area (Å²) < 4.78 is 10.9. The van der Waals surface area contributed by atoms with Crippen molar-refractivity contribution >= 4 is 11.3 Å². The minimum absolute atomic E-state index is 0.592. The molecule has 0 fully saturated rings. The second kappa shape index (κ2) is 19.0. The van der Waals surface area contributed by atoms with Crippen LogP contribution in [0.25, 0.3) is 5.57 Å². The molecule has 0 radical (unpaired) electrons. The minimum Gasteiger partial charge on any atom is -0.494 e. The lowest BCUT2D eigenvalue weighted by molar-refractivity contribution is 0.118. The molecule has 0 aliphatic heterocycles. The molecule has 2 N–H and O–H groups in total. The molecule has 1 aromatic rings. The second-order valence-corrected chi connectivity index (χ2v) is 4.48. The largest absolute Gasteiger partial charge is 0.494 e. The number of pyridine rings is 1. The van der Waals surface area contributed by atoms with Crippen LogP contribution in [-0.4, -0.2) is 24.8 Å². The van der Waals surface area contributed by atoms with E-state index >= 15 is 0 Å². The highest BCUT2D eigenvalue weighted by Crippen LogP contribution is 2.15. The summed E-state index contributed by atoms with van der Waals surface area (Å²) in [6, 6.07) is 3.66. The third kappa shape index (κ3) is 12.1. The molecule has 1 aromatic heterocycles. The van der Waals surface area contributed by atoms with E-state index in [1.165, 1.54) is 0 Å². The Labute approximate surface area is 160 Å². The van der Waals surface area contributed by atoms with Gasteiger partial charge in [0.05, 0.1) is 24.2 Å². The van der Waals surface area contributed by atoms with Gasteiger partial charge in [0.1, 0.15) is 5.76 Å². The molecule has 0 spiro atoms. The Morgan fingerprint density at radius 1 is 1.08 bits per heavy atom. The number of hydrogen-bond donors (Lipinski definition) is 1. The van der Waals surface area contributed by atoms with Crippen LogP contribution in [0.4, 0.5) is 5.69 Å². The Morgan fingerprint density at radius 3 is 2.27 bits per heavy atom. The van der Waals surface area contributed by atoms with Crippen LogP contribution in [0.1, 0.15) is 46.7 Å². The standard InChI is InChI=1S/C18H24N2O2.2C2H6/c1-4-15(18-11-9-16(19)14-20-18)8-10-17(5-2)22-13-7-12-21-6-3;2*1-2/h4-5,8-11,14H,1-2,6-7,12-13,19H2,3H3;2*1-2H3/b15-8+,17-10+;;. The third-order valence-corrected chi connectivity index (χ3v) is 2.84. The van der Waals surface area contributed by atoms with Gasteiger partial charge >= 0.3 is 0 Å². The zero-order valence-corrected chi connectivity index (χ0v) is 17.1. The molecule has 26 heavy (non-hydrogen) atoms. The van der Waals surface area contributed by atoms with Crippen LogP contribution in [0, 0.1) is 0 Å². The van der Waals surface area contributed by atoms with Gasteiger partial charge in [0, 0.05) is 19.6 Å². The van der Waals surface area contributed by atoms with E-state index < -0.39 is 0 Å². The molecule has 146 valence electrons. The van der Waals surface area contributed by atoms with Gasteiger partial charge in [-0.25, -0.2) is 0 Å². The fraction of sp³-hybridized carbons (Fsp3) is 0.409. The Kier molecular flexibility index (Phi) is 18.9. The van der Waals surface area contributed by atoms with E-state index in [1.54, 1.807) is 18.3 Å². The molecule has 4 nitrogen and oxygen atoms in total. The number of hydrogen-bond acceptors (Lipinski definition) is 4. The minimum atomic E-state index is 0.592. The van der Waals surface area contributed by atoms with Crippen molar-refractivity contribution in [3.8, 4) is 0 Å². The normalized spacial score (nSPS) is 10.7. The van der Waals surface area contributed by atoms with Crippen LogP contribution >= 0.6 is 0 Å². The molecule has 0 aliphatic carbocycles. The maximum atomic E-state index is 5.64. The highest BCUT2D eigenvalue weighted by atomic mass is 16.5. The van der Waals surface area contributed by atoms with Gasteiger partial charge in [-0.05, 0) is 42.9 Å². The van der Waals surface area contributed by atoms with Crippen LogP contribution in [0.5, 0.6) is 0 Å². The van der Waals surface area contributed by atoms with E-state index in [2.05, 4.69) is 18.1 Å². The average molecular weight is 361 g/mol. The van der Waals surface area contributed by atoms with Crippen molar-refractivity contribution in [1.29, 1.82) is 0 Å². The molecule has 1 heterocycles. The van der Waals surface area contributed by atoms with Crippen molar-refractivity contribution in [2.45, 2.75) is 41.0 Å². The van der Waals surface area contributed by atoms with E-state index in [0.29, 0.717) is 24.7 Å². The predicted octanol–water partition coefficient (Wildman–Crippen LogP) is 5.80. The van der Waals surface area contributed by atoms with Gasteiger partial charge in [-0.15, -0.1) is 0 Å². The number of ether oxygens (including phenoxy) is 2. The maximum absolute atomic E-state index is 5.64. The summed E-state index contributed by atoms with van der Waals surface area (Å²) in [6.45, 7) is 19.6. The first kappa shape index (κ1) is 25.9. The van der Waals surface area contributed by atoms with Gasteiger partial charge < -0.3 is 15.2 Å². The summed E-state index contributed by atoms with van der Waals surface area (Å²) >= 11 is 0. The quantitative estimate of drug-likeness (QED) is 0.325. The summed E-state index contributed by atoms with van der Waals surface area (Å²) in [5.74, 6) is 0.700. The molecule has 1 rings (SSSR count). The number of nitrogens with zero attached hydrogens (tertiary/aromatic N) is 1. The lowest BCUT2D eigenvalue weighted by atomic mass is 10.1. The van der Waals surface area contributed by atoms with E-state index in [4.69, 9.17) is 15.2 Å². The van der Waals surface area contributed by atoms with Crippen molar-refractivity contribution in [3.05, 3.63) is 67.2 Å². The van der Waals surface area contributed by atoms with Gasteiger partial charge in [-0.1, -0.05) is 46.9 Å². The van der Waals surface area contributed by atoms with Crippen LogP contribution < -0.4 is 5.73 Å². The molecule has 0 bridgehead atoms. The van der Waals surface area contributed by atoms with Crippen LogP contribution in [0.2, 0.25) is 0 Å². The second-order valence-electron chi connectivity index (χ2n) is 4.48.